The summed E-state index contributed by atoms with van der Waals surface area (Å²) in [5.41, 5.74) is 0. The highest BCUT2D eigenvalue weighted by molar-refractivity contribution is 7.89. The summed E-state index contributed by atoms with van der Waals surface area (Å²) in [5, 5.41) is 2.06. The Morgan fingerprint density at radius 2 is 2.17 bits per heavy atom. The van der Waals surface area contributed by atoms with Gasteiger partial charge in [-0.05, 0) is 17.5 Å². The van der Waals surface area contributed by atoms with Crippen molar-refractivity contribution in [2.75, 3.05) is 0 Å². The zero-order valence-electron chi connectivity index (χ0n) is 8.93. The van der Waals surface area contributed by atoms with Crippen LogP contribution in [0.15, 0.2) is 34.7 Å². The molecule has 0 radical (unpaired) electrons. The van der Waals surface area contributed by atoms with Crippen LogP contribution in [-0.4, -0.2) is 13.4 Å². The largest absolute Gasteiger partial charge is 0.242 e. The minimum absolute atomic E-state index is 0.00606. The van der Waals surface area contributed by atoms with Gasteiger partial charge in [-0.1, -0.05) is 29.3 Å². The first-order valence-electron chi connectivity index (χ1n) is 4.82. The van der Waals surface area contributed by atoms with E-state index in [4.69, 9.17) is 23.2 Å². The van der Waals surface area contributed by atoms with Crippen molar-refractivity contribution >= 4 is 44.6 Å². The van der Waals surface area contributed by atoms with Crippen LogP contribution < -0.4 is 4.72 Å². The van der Waals surface area contributed by atoms with Gasteiger partial charge in [0.15, 0.2) is 0 Å². The number of thiophene rings is 1. The number of hydrogen-bond donors (Lipinski definition) is 1. The molecule has 96 valence electrons. The standard InChI is InChI=1S/C10H8Cl2N2O2S2/c11-9-4-8(6-13-10(9)12)18(15,16)14-5-7-2-1-3-17-7/h1-4,6,14H,5H2. The predicted octanol–water partition coefficient (Wildman–Crippen LogP) is 2.93. The van der Waals surface area contributed by atoms with Crippen LogP contribution in [0.4, 0.5) is 0 Å². The van der Waals surface area contributed by atoms with Gasteiger partial charge in [-0.2, -0.15) is 0 Å². The minimum atomic E-state index is -3.62. The second-order valence-electron chi connectivity index (χ2n) is 3.35. The van der Waals surface area contributed by atoms with Crippen LogP contribution in [0.5, 0.6) is 0 Å². The van der Waals surface area contributed by atoms with Gasteiger partial charge in [0, 0.05) is 17.6 Å². The number of nitrogens with zero attached hydrogens (tertiary/aromatic N) is 1. The Hall–Kier alpha value is -0.660. The third-order valence-corrected chi connectivity index (χ3v) is 5.03. The minimum Gasteiger partial charge on any atom is -0.242 e. The van der Waals surface area contributed by atoms with Crippen molar-refractivity contribution < 1.29 is 8.42 Å². The molecule has 18 heavy (non-hydrogen) atoms. The molecule has 0 saturated carbocycles. The lowest BCUT2D eigenvalue weighted by Crippen LogP contribution is -2.22. The number of hydrogen-bond acceptors (Lipinski definition) is 4. The molecule has 2 rings (SSSR count). The highest BCUT2D eigenvalue weighted by Gasteiger charge is 2.16. The van der Waals surface area contributed by atoms with Crippen molar-refractivity contribution in [3.05, 3.63) is 44.8 Å². The maximum absolute atomic E-state index is 11.9. The molecular weight excluding hydrogens is 315 g/mol. The highest BCUT2D eigenvalue weighted by Crippen LogP contribution is 2.22. The third kappa shape index (κ3) is 3.21. The van der Waals surface area contributed by atoms with Crippen LogP contribution in [0.3, 0.4) is 0 Å². The predicted molar refractivity (Wildman–Crippen MR) is 72.6 cm³/mol. The normalized spacial score (nSPS) is 11.7. The summed E-state index contributed by atoms with van der Waals surface area (Å²) in [7, 11) is -3.62. The summed E-state index contributed by atoms with van der Waals surface area (Å²) >= 11 is 12.8. The Bertz CT molecular complexity index is 642. The van der Waals surface area contributed by atoms with Gasteiger partial charge in [-0.25, -0.2) is 18.1 Å². The summed E-state index contributed by atoms with van der Waals surface area (Å²) in [6.07, 6.45) is 1.17. The highest BCUT2D eigenvalue weighted by atomic mass is 35.5. The first kappa shape index (κ1) is 13.8. The van der Waals surface area contributed by atoms with Gasteiger partial charge in [0.05, 0.1) is 5.02 Å². The van der Waals surface area contributed by atoms with Gasteiger partial charge >= 0.3 is 0 Å². The maximum atomic E-state index is 11.9. The number of rotatable bonds is 4. The van der Waals surface area contributed by atoms with Gasteiger partial charge in [-0.15, -0.1) is 11.3 Å². The molecule has 0 aliphatic rings. The van der Waals surface area contributed by atoms with Crippen LogP contribution in [-0.2, 0) is 16.6 Å². The number of nitrogens with one attached hydrogen (secondary N) is 1. The SMILES string of the molecule is O=S(=O)(NCc1cccs1)c1cnc(Cl)c(Cl)c1. The Balaban J connectivity index is 2.17. The molecule has 4 nitrogen and oxygen atoms in total. The van der Waals surface area contributed by atoms with E-state index < -0.39 is 10.0 Å². The Kier molecular flexibility index (Phi) is 4.24. The van der Waals surface area contributed by atoms with Gasteiger partial charge in [-0.3, -0.25) is 0 Å². The Labute approximate surface area is 119 Å². The molecule has 2 aromatic heterocycles. The van der Waals surface area contributed by atoms with E-state index in [9.17, 15) is 8.42 Å². The summed E-state index contributed by atoms with van der Waals surface area (Å²) in [5.74, 6) is 0. The van der Waals surface area contributed by atoms with Gasteiger partial charge in [0.2, 0.25) is 10.0 Å². The van der Waals surface area contributed by atoms with Crippen LogP contribution in [0.1, 0.15) is 4.88 Å². The van der Waals surface area contributed by atoms with E-state index in [0.717, 1.165) is 4.88 Å². The van der Waals surface area contributed by atoms with Gasteiger partial charge in [0.25, 0.3) is 0 Å². The fourth-order valence-corrected chi connectivity index (χ4v) is 3.26. The first-order chi connectivity index (χ1) is 8.49. The molecule has 2 heterocycles. The zero-order valence-corrected chi connectivity index (χ0v) is 12.1. The molecule has 1 N–H and O–H groups in total. The molecule has 0 bridgehead atoms. The monoisotopic (exact) mass is 322 g/mol. The van der Waals surface area contributed by atoms with Crippen LogP contribution in [0.25, 0.3) is 0 Å². The molecule has 0 aromatic carbocycles. The van der Waals surface area contributed by atoms with Crippen molar-refractivity contribution in [2.24, 2.45) is 0 Å². The van der Waals surface area contributed by atoms with Crippen molar-refractivity contribution in [1.29, 1.82) is 0 Å². The van der Waals surface area contributed by atoms with Crippen molar-refractivity contribution in [3.8, 4) is 0 Å². The Morgan fingerprint density at radius 1 is 1.39 bits per heavy atom. The summed E-state index contributed by atoms with van der Waals surface area (Å²) < 4.78 is 26.4. The number of aromatic nitrogens is 1. The lowest BCUT2D eigenvalue weighted by Gasteiger charge is -2.06. The second kappa shape index (κ2) is 5.54. The fraction of sp³-hybridized carbons (Fsp3) is 0.100. The van der Waals surface area contributed by atoms with E-state index in [0.29, 0.717) is 0 Å². The van der Waals surface area contributed by atoms with E-state index in [2.05, 4.69) is 9.71 Å². The van der Waals surface area contributed by atoms with E-state index in [1.165, 1.54) is 23.6 Å². The zero-order chi connectivity index (χ0) is 13.2. The number of pyridine rings is 1. The lowest BCUT2D eigenvalue weighted by atomic mass is 10.5. The summed E-state index contributed by atoms with van der Waals surface area (Å²) in [4.78, 5) is 4.62. The quantitative estimate of drug-likeness (QED) is 0.880. The molecule has 8 heteroatoms. The number of sulfonamides is 1. The third-order valence-electron chi connectivity index (χ3n) is 2.10. The van der Waals surface area contributed by atoms with Crippen molar-refractivity contribution in [3.63, 3.8) is 0 Å². The molecule has 0 spiro atoms. The molecule has 0 aliphatic heterocycles. The molecule has 0 saturated heterocycles. The molecule has 0 unspecified atom stereocenters. The molecule has 0 amide bonds. The molecule has 2 aromatic rings. The summed E-state index contributed by atoms with van der Waals surface area (Å²) in [6.45, 7) is 0.236. The van der Waals surface area contributed by atoms with Crippen LogP contribution in [0, 0.1) is 0 Å². The van der Waals surface area contributed by atoms with Gasteiger partial charge in [0.1, 0.15) is 10.0 Å². The van der Waals surface area contributed by atoms with Gasteiger partial charge < -0.3 is 0 Å². The second-order valence-corrected chi connectivity index (χ2v) is 6.91. The van der Waals surface area contributed by atoms with Crippen LogP contribution in [0.2, 0.25) is 10.2 Å². The molecular formula is C10H8Cl2N2O2S2. The average molecular weight is 323 g/mol. The summed E-state index contributed by atoms with van der Waals surface area (Å²) in [6, 6.07) is 4.98. The Morgan fingerprint density at radius 3 is 2.78 bits per heavy atom. The van der Waals surface area contributed by atoms with Crippen molar-refractivity contribution in [2.45, 2.75) is 11.4 Å². The first-order valence-corrected chi connectivity index (χ1v) is 7.94. The molecule has 0 aliphatic carbocycles. The van der Waals surface area contributed by atoms with E-state index in [1.54, 1.807) is 0 Å². The smallest absolute Gasteiger partial charge is 0.242 e. The van der Waals surface area contributed by atoms with E-state index >= 15 is 0 Å². The molecule has 0 fully saturated rings. The topological polar surface area (TPSA) is 59.1 Å². The van der Waals surface area contributed by atoms with E-state index in [-0.39, 0.29) is 21.6 Å². The maximum Gasteiger partial charge on any atom is 0.242 e. The fourth-order valence-electron chi connectivity index (χ4n) is 1.21. The average Bonchev–Trinajstić information content (AvgIpc) is 2.83. The van der Waals surface area contributed by atoms with Crippen molar-refractivity contribution in [1.82, 2.24) is 9.71 Å². The lowest BCUT2D eigenvalue weighted by molar-refractivity contribution is 0.581. The number of halogens is 2. The van der Waals surface area contributed by atoms with Crippen LogP contribution >= 0.6 is 34.5 Å². The van der Waals surface area contributed by atoms with E-state index in [1.807, 2.05) is 17.5 Å². The molecule has 0 atom stereocenters.